The lowest BCUT2D eigenvalue weighted by molar-refractivity contribution is 0.143. The standard InChI is InChI=1S/C18H27NO/c1-20-18-8-4-5-14(11-18)13-19-17-10-9-15-6-2-3-7-16(15)12-17/h4-5,8,11,15-17,19H,2-3,6-7,9-10,12-13H2,1H3. The van der Waals surface area contributed by atoms with E-state index in [0.29, 0.717) is 0 Å². The zero-order chi connectivity index (χ0) is 13.8. The van der Waals surface area contributed by atoms with Gasteiger partial charge in [0, 0.05) is 12.6 Å². The van der Waals surface area contributed by atoms with Crippen LogP contribution in [0.15, 0.2) is 24.3 Å². The molecule has 0 bridgehead atoms. The van der Waals surface area contributed by atoms with Crippen molar-refractivity contribution in [2.75, 3.05) is 7.11 Å². The quantitative estimate of drug-likeness (QED) is 0.890. The second kappa shape index (κ2) is 6.62. The fourth-order valence-corrected chi connectivity index (χ4v) is 4.10. The van der Waals surface area contributed by atoms with Crippen LogP contribution in [0.25, 0.3) is 0 Å². The van der Waals surface area contributed by atoms with Crippen molar-refractivity contribution in [1.29, 1.82) is 0 Å². The Balaban J connectivity index is 1.51. The third-order valence-corrected chi connectivity index (χ3v) is 5.27. The molecule has 2 saturated carbocycles. The molecule has 2 fully saturated rings. The maximum Gasteiger partial charge on any atom is 0.119 e. The van der Waals surface area contributed by atoms with E-state index in [1.807, 2.05) is 6.07 Å². The first-order valence-electron chi connectivity index (χ1n) is 8.21. The molecular weight excluding hydrogens is 246 g/mol. The molecule has 3 atom stereocenters. The van der Waals surface area contributed by atoms with Crippen molar-refractivity contribution >= 4 is 0 Å². The fraction of sp³-hybridized carbons (Fsp3) is 0.667. The minimum atomic E-state index is 0.723. The van der Waals surface area contributed by atoms with Crippen molar-refractivity contribution in [1.82, 2.24) is 5.32 Å². The molecule has 2 nitrogen and oxygen atoms in total. The van der Waals surface area contributed by atoms with Crippen molar-refractivity contribution in [2.24, 2.45) is 11.8 Å². The molecule has 0 amide bonds. The molecule has 0 saturated heterocycles. The van der Waals surface area contributed by atoms with Crippen LogP contribution in [-0.4, -0.2) is 13.2 Å². The zero-order valence-electron chi connectivity index (χ0n) is 12.6. The highest BCUT2D eigenvalue weighted by Gasteiger charge is 2.31. The summed E-state index contributed by atoms with van der Waals surface area (Å²) >= 11 is 0. The van der Waals surface area contributed by atoms with Crippen LogP contribution in [0, 0.1) is 11.8 Å². The SMILES string of the molecule is COc1cccc(CNC2CCC3CCCCC3C2)c1. The van der Waals surface area contributed by atoms with E-state index in [9.17, 15) is 0 Å². The molecule has 1 N–H and O–H groups in total. The number of ether oxygens (including phenoxy) is 1. The van der Waals surface area contributed by atoms with Gasteiger partial charge < -0.3 is 10.1 Å². The van der Waals surface area contributed by atoms with Crippen molar-refractivity contribution in [3.05, 3.63) is 29.8 Å². The summed E-state index contributed by atoms with van der Waals surface area (Å²) < 4.78 is 5.29. The highest BCUT2D eigenvalue weighted by molar-refractivity contribution is 5.28. The molecule has 110 valence electrons. The van der Waals surface area contributed by atoms with E-state index < -0.39 is 0 Å². The molecule has 20 heavy (non-hydrogen) atoms. The Bertz CT molecular complexity index is 431. The van der Waals surface area contributed by atoms with Crippen LogP contribution >= 0.6 is 0 Å². The zero-order valence-corrected chi connectivity index (χ0v) is 12.6. The predicted octanol–water partition coefficient (Wildman–Crippen LogP) is 4.14. The Labute approximate surface area is 122 Å². The largest absolute Gasteiger partial charge is 0.497 e. The predicted molar refractivity (Wildman–Crippen MR) is 82.9 cm³/mol. The van der Waals surface area contributed by atoms with Crippen LogP contribution < -0.4 is 10.1 Å². The lowest BCUT2D eigenvalue weighted by atomic mass is 9.69. The van der Waals surface area contributed by atoms with Gasteiger partial charge in [-0.3, -0.25) is 0 Å². The average molecular weight is 273 g/mol. The Kier molecular flexibility index (Phi) is 4.62. The van der Waals surface area contributed by atoms with E-state index in [2.05, 4.69) is 23.5 Å². The van der Waals surface area contributed by atoms with Gasteiger partial charge in [0.25, 0.3) is 0 Å². The second-order valence-corrected chi connectivity index (χ2v) is 6.55. The average Bonchev–Trinajstić information content (AvgIpc) is 2.53. The summed E-state index contributed by atoms with van der Waals surface area (Å²) in [5.41, 5.74) is 1.33. The number of benzene rings is 1. The van der Waals surface area contributed by atoms with Crippen LogP contribution in [0.2, 0.25) is 0 Å². The number of methoxy groups -OCH3 is 1. The fourth-order valence-electron chi connectivity index (χ4n) is 4.10. The van der Waals surface area contributed by atoms with Gasteiger partial charge in [-0.2, -0.15) is 0 Å². The Hall–Kier alpha value is -1.02. The molecule has 1 aromatic carbocycles. The molecule has 3 unspecified atom stereocenters. The van der Waals surface area contributed by atoms with E-state index in [4.69, 9.17) is 4.74 Å². The van der Waals surface area contributed by atoms with Gasteiger partial charge in [-0.25, -0.2) is 0 Å². The van der Waals surface area contributed by atoms with Crippen LogP contribution in [0.5, 0.6) is 5.75 Å². The first-order valence-corrected chi connectivity index (χ1v) is 8.21. The van der Waals surface area contributed by atoms with Crippen LogP contribution in [0.4, 0.5) is 0 Å². The molecule has 3 rings (SSSR count). The summed E-state index contributed by atoms with van der Waals surface area (Å²) in [6.45, 7) is 0.971. The van der Waals surface area contributed by atoms with Gasteiger partial charge in [-0.05, 0) is 48.8 Å². The molecule has 0 spiro atoms. The van der Waals surface area contributed by atoms with Gasteiger partial charge in [0.2, 0.25) is 0 Å². The van der Waals surface area contributed by atoms with Gasteiger partial charge in [-0.15, -0.1) is 0 Å². The van der Waals surface area contributed by atoms with Crippen molar-refractivity contribution in [3.8, 4) is 5.75 Å². The summed E-state index contributed by atoms with van der Waals surface area (Å²) in [5.74, 6) is 3.00. The maximum atomic E-state index is 5.29. The van der Waals surface area contributed by atoms with E-state index in [1.54, 1.807) is 7.11 Å². The molecule has 2 aliphatic rings. The van der Waals surface area contributed by atoms with Crippen LogP contribution in [-0.2, 0) is 6.54 Å². The van der Waals surface area contributed by atoms with Crippen LogP contribution in [0.3, 0.4) is 0 Å². The molecular formula is C18H27NO. The minimum absolute atomic E-state index is 0.723. The van der Waals surface area contributed by atoms with Gasteiger partial charge >= 0.3 is 0 Å². The first-order chi connectivity index (χ1) is 9.85. The van der Waals surface area contributed by atoms with Crippen molar-refractivity contribution in [3.63, 3.8) is 0 Å². The van der Waals surface area contributed by atoms with Crippen LogP contribution in [0.1, 0.15) is 50.5 Å². The van der Waals surface area contributed by atoms with E-state index >= 15 is 0 Å². The van der Waals surface area contributed by atoms with E-state index in [-0.39, 0.29) is 0 Å². The first kappa shape index (κ1) is 13.9. The normalized spacial score (nSPS) is 29.8. The molecule has 0 radical (unpaired) electrons. The molecule has 0 heterocycles. The van der Waals surface area contributed by atoms with E-state index in [0.717, 1.165) is 30.2 Å². The Morgan fingerprint density at radius 3 is 2.80 bits per heavy atom. The third-order valence-electron chi connectivity index (χ3n) is 5.27. The summed E-state index contributed by atoms with van der Waals surface area (Å²) in [6, 6.07) is 9.13. The second-order valence-electron chi connectivity index (χ2n) is 6.55. The summed E-state index contributed by atoms with van der Waals surface area (Å²) in [6.07, 6.45) is 10.1. The van der Waals surface area contributed by atoms with E-state index in [1.165, 1.54) is 50.5 Å². The number of hydrogen-bond donors (Lipinski definition) is 1. The highest BCUT2D eigenvalue weighted by Crippen LogP contribution is 2.40. The van der Waals surface area contributed by atoms with Gasteiger partial charge in [-0.1, -0.05) is 37.8 Å². The lowest BCUT2D eigenvalue weighted by Crippen LogP contribution is -2.38. The minimum Gasteiger partial charge on any atom is -0.497 e. The monoisotopic (exact) mass is 273 g/mol. The molecule has 2 aliphatic carbocycles. The summed E-state index contributed by atoms with van der Waals surface area (Å²) in [4.78, 5) is 0. The molecule has 0 aromatic heterocycles. The van der Waals surface area contributed by atoms with Gasteiger partial charge in [0.1, 0.15) is 5.75 Å². The number of nitrogens with one attached hydrogen (secondary N) is 1. The Morgan fingerprint density at radius 1 is 1.10 bits per heavy atom. The van der Waals surface area contributed by atoms with Gasteiger partial charge in [0.05, 0.1) is 7.11 Å². The van der Waals surface area contributed by atoms with Gasteiger partial charge in [0.15, 0.2) is 0 Å². The van der Waals surface area contributed by atoms with Crippen molar-refractivity contribution in [2.45, 2.75) is 57.5 Å². The number of hydrogen-bond acceptors (Lipinski definition) is 2. The molecule has 1 aromatic rings. The highest BCUT2D eigenvalue weighted by atomic mass is 16.5. The number of fused-ring (bicyclic) bond motifs is 1. The summed E-state index contributed by atoms with van der Waals surface area (Å²) in [7, 11) is 1.73. The smallest absolute Gasteiger partial charge is 0.119 e. The molecule has 2 heteroatoms. The Morgan fingerprint density at radius 2 is 1.95 bits per heavy atom. The third kappa shape index (κ3) is 3.35. The lowest BCUT2D eigenvalue weighted by Gasteiger charge is -2.39. The molecule has 0 aliphatic heterocycles. The number of rotatable bonds is 4. The topological polar surface area (TPSA) is 21.3 Å². The summed E-state index contributed by atoms with van der Waals surface area (Å²) in [5, 5.41) is 3.77. The maximum absolute atomic E-state index is 5.29. The van der Waals surface area contributed by atoms with Crippen molar-refractivity contribution < 1.29 is 4.74 Å².